The van der Waals surface area contributed by atoms with Crippen LogP contribution in [0.1, 0.15) is 40.5 Å². The maximum absolute atomic E-state index is 5.40. The minimum absolute atomic E-state index is 0.261. The highest BCUT2D eigenvalue weighted by Crippen LogP contribution is 2.17. The third-order valence-corrected chi connectivity index (χ3v) is 3.34. The number of nitrogens with one attached hydrogen (secondary N) is 1. The summed E-state index contributed by atoms with van der Waals surface area (Å²) in [4.78, 5) is 2.62. The molecule has 0 aromatic carbocycles. The van der Waals surface area contributed by atoms with Gasteiger partial charge in [-0.25, -0.2) is 0 Å². The van der Waals surface area contributed by atoms with E-state index in [0.29, 0.717) is 6.04 Å². The smallest absolute Gasteiger partial charge is 0.0478 e. The molecular formula is C13H28N2O. The van der Waals surface area contributed by atoms with Gasteiger partial charge in [-0.2, -0.15) is 0 Å². The van der Waals surface area contributed by atoms with Gasteiger partial charge in [0.05, 0.1) is 0 Å². The molecule has 0 spiro atoms. The molecule has 3 heteroatoms. The maximum Gasteiger partial charge on any atom is 0.0478 e. The van der Waals surface area contributed by atoms with Crippen LogP contribution < -0.4 is 5.32 Å². The van der Waals surface area contributed by atoms with Crippen LogP contribution in [0.5, 0.6) is 0 Å². The van der Waals surface area contributed by atoms with E-state index in [4.69, 9.17) is 4.74 Å². The normalized spacial score (nSPS) is 25.9. The molecule has 1 fully saturated rings. The predicted molar refractivity (Wildman–Crippen MR) is 68.8 cm³/mol. The number of nitrogens with zero attached hydrogens (tertiary/aromatic N) is 1. The van der Waals surface area contributed by atoms with Crippen LogP contribution in [0.25, 0.3) is 0 Å². The summed E-state index contributed by atoms with van der Waals surface area (Å²) in [6, 6.07) is 0.703. The van der Waals surface area contributed by atoms with Crippen LogP contribution in [0.2, 0.25) is 0 Å². The fourth-order valence-electron chi connectivity index (χ4n) is 2.39. The predicted octanol–water partition coefficient (Wildman–Crippen LogP) is 1.88. The van der Waals surface area contributed by atoms with Crippen molar-refractivity contribution in [2.45, 2.75) is 52.1 Å². The van der Waals surface area contributed by atoms with E-state index < -0.39 is 0 Å². The van der Waals surface area contributed by atoms with Gasteiger partial charge in [-0.15, -0.1) is 0 Å². The van der Waals surface area contributed by atoms with E-state index in [1.807, 2.05) is 0 Å². The summed E-state index contributed by atoms with van der Waals surface area (Å²) in [5, 5.41) is 3.62. The fraction of sp³-hybridized carbons (Fsp3) is 1.00. The Morgan fingerprint density at radius 2 is 2.12 bits per heavy atom. The third-order valence-electron chi connectivity index (χ3n) is 3.34. The zero-order valence-electron chi connectivity index (χ0n) is 11.4. The molecule has 0 amide bonds. The van der Waals surface area contributed by atoms with Crippen LogP contribution in [-0.4, -0.2) is 49.3 Å². The zero-order chi connectivity index (χ0) is 12.0. The molecule has 1 unspecified atom stereocenters. The summed E-state index contributed by atoms with van der Waals surface area (Å²) in [6.07, 6.45) is 2.39. The second-order valence-corrected chi connectivity index (χ2v) is 5.35. The van der Waals surface area contributed by atoms with Crippen LogP contribution in [-0.2, 0) is 4.74 Å². The van der Waals surface area contributed by atoms with E-state index in [9.17, 15) is 0 Å². The van der Waals surface area contributed by atoms with Crippen LogP contribution in [0.15, 0.2) is 0 Å². The lowest BCUT2D eigenvalue weighted by atomic mass is 9.97. The number of piperazine rings is 1. The first kappa shape index (κ1) is 13.9. The Kier molecular flexibility index (Phi) is 5.73. The number of hydrogen-bond donors (Lipinski definition) is 1. The molecule has 0 bridgehead atoms. The molecule has 0 aliphatic carbocycles. The van der Waals surface area contributed by atoms with E-state index >= 15 is 0 Å². The molecule has 0 aromatic heterocycles. The SMILES string of the molecule is CCOCCCN1CC(C)(C)NCC1CC. The molecule has 1 heterocycles. The summed E-state index contributed by atoms with van der Waals surface area (Å²) >= 11 is 0. The number of rotatable bonds is 6. The second kappa shape index (κ2) is 6.58. The minimum atomic E-state index is 0.261. The average Bonchev–Trinajstić information content (AvgIpc) is 2.24. The Morgan fingerprint density at radius 1 is 1.38 bits per heavy atom. The van der Waals surface area contributed by atoms with Gasteiger partial charge >= 0.3 is 0 Å². The molecule has 1 atom stereocenters. The summed E-state index contributed by atoms with van der Waals surface area (Å²) in [5.74, 6) is 0. The van der Waals surface area contributed by atoms with Gasteiger partial charge in [0.25, 0.3) is 0 Å². The molecule has 16 heavy (non-hydrogen) atoms. The van der Waals surface area contributed by atoms with Crippen LogP contribution in [0, 0.1) is 0 Å². The Bertz CT molecular complexity index is 194. The van der Waals surface area contributed by atoms with Crippen molar-refractivity contribution in [3.05, 3.63) is 0 Å². The van der Waals surface area contributed by atoms with Gasteiger partial charge < -0.3 is 10.1 Å². The van der Waals surface area contributed by atoms with Crippen molar-refractivity contribution >= 4 is 0 Å². The Morgan fingerprint density at radius 3 is 2.75 bits per heavy atom. The summed E-state index contributed by atoms with van der Waals surface area (Å²) in [7, 11) is 0. The number of hydrogen-bond acceptors (Lipinski definition) is 3. The van der Waals surface area contributed by atoms with Gasteiger partial charge in [-0.3, -0.25) is 4.90 Å². The first-order valence-corrected chi connectivity index (χ1v) is 6.66. The second-order valence-electron chi connectivity index (χ2n) is 5.35. The highest BCUT2D eigenvalue weighted by Gasteiger charge is 2.30. The fourth-order valence-corrected chi connectivity index (χ4v) is 2.39. The Hall–Kier alpha value is -0.120. The minimum Gasteiger partial charge on any atom is -0.382 e. The lowest BCUT2D eigenvalue weighted by Gasteiger charge is -2.44. The van der Waals surface area contributed by atoms with Crippen molar-refractivity contribution in [3.63, 3.8) is 0 Å². The van der Waals surface area contributed by atoms with Crippen molar-refractivity contribution in [2.24, 2.45) is 0 Å². The van der Waals surface area contributed by atoms with Gasteiger partial charge in [-0.05, 0) is 33.6 Å². The van der Waals surface area contributed by atoms with Crippen molar-refractivity contribution < 1.29 is 4.74 Å². The van der Waals surface area contributed by atoms with Crippen LogP contribution >= 0.6 is 0 Å². The molecule has 96 valence electrons. The maximum atomic E-state index is 5.40. The quantitative estimate of drug-likeness (QED) is 0.703. The van der Waals surface area contributed by atoms with E-state index in [1.165, 1.54) is 13.0 Å². The first-order valence-electron chi connectivity index (χ1n) is 6.66. The summed E-state index contributed by atoms with van der Waals surface area (Å²) < 4.78 is 5.40. The van der Waals surface area contributed by atoms with Crippen LogP contribution in [0.4, 0.5) is 0 Å². The molecule has 0 aromatic rings. The van der Waals surface area contributed by atoms with Crippen LogP contribution in [0.3, 0.4) is 0 Å². The molecule has 0 saturated carbocycles. The topological polar surface area (TPSA) is 24.5 Å². The molecule has 3 nitrogen and oxygen atoms in total. The van der Waals surface area contributed by atoms with Gasteiger partial charge in [0.15, 0.2) is 0 Å². The van der Waals surface area contributed by atoms with Crippen molar-refractivity contribution in [1.82, 2.24) is 10.2 Å². The zero-order valence-corrected chi connectivity index (χ0v) is 11.4. The van der Waals surface area contributed by atoms with Crippen molar-refractivity contribution in [2.75, 3.05) is 32.8 Å². The van der Waals surface area contributed by atoms with E-state index in [1.54, 1.807) is 0 Å². The lowest BCUT2D eigenvalue weighted by Crippen LogP contribution is -2.61. The van der Waals surface area contributed by atoms with Gasteiger partial charge in [-0.1, -0.05) is 6.92 Å². The van der Waals surface area contributed by atoms with Crippen molar-refractivity contribution in [3.8, 4) is 0 Å². The van der Waals surface area contributed by atoms with E-state index in [-0.39, 0.29) is 5.54 Å². The van der Waals surface area contributed by atoms with Gasteiger partial charge in [0, 0.05) is 44.4 Å². The van der Waals surface area contributed by atoms with Gasteiger partial charge in [0.2, 0.25) is 0 Å². The average molecular weight is 228 g/mol. The molecule has 1 saturated heterocycles. The van der Waals surface area contributed by atoms with E-state index in [2.05, 4.69) is 37.9 Å². The highest BCUT2D eigenvalue weighted by atomic mass is 16.5. The monoisotopic (exact) mass is 228 g/mol. The summed E-state index contributed by atoms with van der Waals surface area (Å²) in [6.45, 7) is 14.1. The molecular weight excluding hydrogens is 200 g/mol. The van der Waals surface area contributed by atoms with Gasteiger partial charge in [0.1, 0.15) is 0 Å². The highest BCUT2D eigenvalue weighted by molar-refractivity contribution is 4.91. The Balaban J connectivity index is 2.34. The molecule has 1 aliphatic heterocycles. The van der Waals surface area contributed by atoms with Crippen molar-refractivity contribution in [1.29, 1.82) is 0 Å². The molecule has 1 aliphatic rings. The lowest BCUT2D eigenvalue weighted by molar-refractivity contribution is 0.0744. The number of ether oxygens (including phenoxy) is 1. The molecule has 1 rings (SSSR count). The summed E-state index contributed by atoms with van der Waals surface area (Å²) in [5.41, 5.74) is 0.261. The van der Waals surface area contributed by atoms with E-state index in [0.717, 1.165) is 32.7 Å². The third kappa shape index (κ3) is 4.40. The first-order chi connectivity index (χ1) is 7.59. The molecule has 0 radical (unpaired) electrons. The largest absolute Gasteiger partial charge is 0.382 e. The Labute approximate surface area is 101 Å². The standard InChI is InChI=1S/C13H28N2O/c1-5-12-10-14-13(3,4)11-15(12)8-7-9-16-6-2/h12,14H,5-11H2,1-4H3. The molecule has 1 N–H and O–H groups in total.